The van der Waals surface area contributed by atoms with Gasteiger partial charge >= 0.3 is 5.97 Å². The third-order valence-corrected chi connectivity index (χ3v) is 5.59. The van der Waals surface area contributed by atoms with Gasteiger partial charge in [0.1, 0.15) is 11.6 Å². The van der Waals surface area contributed by atoms with E-state index >= 15 is 0 Å². The lowest BCUT2D eigenvalue weighted by atomic mass is 10.0. The standard InChI is InChI=1S/C27H31FN2O4/c1-16(2)27-29-25(20-12-17(3)24(28)18(4)13-20)26(19-8-6-5-7-9-19)30(27)11-10-21(31)14-22(32)15-23(33)34/h5-13,16,21-22,31-32H,14-15H2,1-4H3,(H,33,34)/b11-10+. The maximum Gasteiger partial charge on any atom is 0.305 e. The minimum Gasteiger partial charge on any atom is -0.481 e. The summed E-state index contributed by atoms with van der Waals surface area (Å²) in [5.74, 6) is -0.570. The average Bonchev–Trinajstić information content (AvgIpc) is 3.15. The minimum atomic E-state index is -1.15. The van der Waals surface area contributed by atoms with E-state index in [4.69, 9.17) is 10.1 Å². The summed E-state index contributed by atoms with van der Waals surface area (Å²) < 4.78 is 16.2. The first-order chi connectivity index (χ1) is 16.1. The summed E-state index contributed by atoms with van der Waals surface area (Å²) in [6.07, 6.45) is 0.498. The number of rotatable bonds is 9. The molecule has 180 valence electrons. The van der Waals surface area contributed by atoms with E-state index < -0.39 is 24.6 Å². The van der Waals surface area contributed by atoms with Crippen molar-refractivity contribution in [3.63, 3.8) is 0 Å². The van der Waals surface area contributed by atoms with Gasteiger partial charge in [0.2, 0.25) is 0 Å². The quantitative estimate of drug-likeness (QED) is 0.405. The first-order valence-corrected chi connectivity index (χ1v) is 11.3. The van der Waals surface area contributed by atoms with Crippen LogP contribution in [0.25, 0.3) is 28.7 Å². The third kappa shape index (κ3) is 5.79. The monoisotopic (exact) mass is 466 g/mol. The van der Waals surface area contributed by atoms with Gasteiger partial charge in [-0.05, 0) is 43.2 Å². The number of aryl methyl sites for hydroxylation is 2. The van der Waals surface area contributed by atoms with Crippen molar-refractivity contribution in [1.29, 1.82) is 0 Å². The maximum absolute atomic E-state index is 14.3. The molecule has 2 aromatic carbocycles. The molecule has 0 spiro atoms. The lowest BCUT2D eigenvalue weighted by molar-refractivity contribution is -0.139. The van der Waals surface area contributed by atoms with Gasteiger partial charge in [-0.1, -0.05) is 44.2 Å². The number of imidazole rings is 1. The molecule has 0 saturated heterocycles. The van der Waals surface area contributed by atoms with Gasteiger partial charge in [0, 0.05) is 29.7 Å². The zero-order valence-electron chi connectivity index (χ0n) is 19.9. The molecule has 0 saturated carbocycles. The number of nitrogens with zero attached hydrogens (tertiary/aromatic N) is 2. The molecule has 0 aliphatic carbocycles. The fourth-order valence-electron chi connectivity index (χ4n) is 3.99. The molecular weight excluding hydrogens is 435 g/mol. The second-order valence-corrected chi connectivity index (χ2v) is 8.88. The SMILES string of the molecule is Cc1cc(-c2nc(C(C)C)n(/C=C/C(O)CC(O)CC(=O)O)c2-c2ccccc2)cc(C)c1F. The number of aliphatic hydroxyl groups excluding tert-OH is 2. The first-order valence-electron chi connectivity index (χ1n) is 11.3. The van der Waals surface area contributed by atoms with Crippen molar-refractivity contribution in [1.82, 2.24) is 9.55 Å². The van der Waals surface area contributed by atoms with E-state index in [0.717, 1.165) is 22.6 Å². The molecule has 1 aromatic heterocycles. The second-order valence-electron chi connectivity index (χ2n) is 8.88. The number of aromatic nitrogens is 2. The Bertz CT molecular complexity index is 1160. The van der Waals surface area contributed by atoms with E-state index in [1.54, 1.807) is 32.2 Å². The van der Waals surface area contributed by atoms with Gasteiger partial charge in [0.25, 0.3) is 0 Å². The van der Waals surface area contributed by atoms with Gasteiger partial charge < -0.3 is 19.9 Å². The Labute approximate surface area is 199 Å². The van der Waals surface area contributed by atoms with Gasteiger partial charge in [0.15, 0.2) is 0 Å². The van der Waals surface area contributed by atoms with Crippen molar-refractivity contribution < 1.29 is 24.5 Å². The lowest BCUT2D eigenvalue weighted by Gasteiger charge is -2.14. The summed E-state index contributed by atoms with van der Waals surface area (Å²) in [4.78, 5) is 15.7. The largest absolute Gasteiger partial charge is 0.481 e. The summed E-state index contributed by atoms with van der Waals surface area (Å²) in [5.41, 5.74) is 4.26. The number of carboxylic acid groups (broad SMARTS) is 1. The number of hydrogen-bond acceptors (Lipinski definition) is 4. The van der Waals surface area contributed by atoms with Crippen molar-refractivity contribution in [3.8, 4) is 22.5 Å². The Morgan fingerprint density at radius 1 is 1.09 bits per heavy atom. The van der Waals surface area contributed by atoms with Crippen LogP contribution in [0.2, 0.25) is 0 Å². The molecule has 0 aliphatic heterocycles. The molecular formula is C27H31FN2O4. The van der Waals surface area contributed by atoms with E-state index in [2.05, 4.69) is 0 Å². The van der Waals surface area contributed by atoms with Crippen LogP contribution < -0.4 is 0 Å². The van der Waals surface area contributed by atoms with Gasteiger partial charge in [0.05, 0.1) is 30.0 Å². The van der Waals surface area contributed by atoms with Crippen LogP contribution in [0.1, 0.15) is 49.6 Å². The van der Waals surface area contributed by atoms with Crippen molar-refractivity contribution in [3.05, 3.63) is 71.3 Å². The van der Waals surface area contributed by atoms with Crippen molar-refractivity contribution in [2.75, 3.05) is 0 Å². The van der Waals surface area contributed by atoms with Crippen LogP contribution in [0.15, 0.2) is 48.5 Å². The van der Waals surface area contributed by atoms with Crippen molar-refractivity contribution in [2.24, 2.45) is 0 Å². The van der Waals surface area contributed by atoms with Crippen LogP contribution in [-0.4, -0.2) is 43.0 Å². The summed E-state index contributed by atoms with van der Waals surface area (Å²) >= 11 is 0. The molecule has 0 radical (unpaired) electrons. The number of aliphatic hydroxyl groups is 2. The molecule has 0 aliphatic rings. The molecule has 3 aromatic rings. The molecule has 0 fully saturated rings. The van der Waals surface area contributed by atoms with Crippen LogP contribution in [0.3, 0.4) is 0 Å². The fourth-order valence-corrected chi connectivity index (χ4v) is 3.99. The summed E-state index contributed by atoms with van der Waals surface area (Å²) in [6, 6.07) is 13.3. The van der Waals surface area contributed by atoms with E-state index in [9.17, 15) is 19.4 Å². The van der Waals surface area contributed by atoms with Crippen LogP contribution >= 0.6 is 0 Å². The first kappa shape index (κ1) is 25.3. The van der Waals surface area contributed by atoms with Gasteiger partial charge in [-0.25, -0.2) is 9.37 Å². The molecule has 7 heteroatoms. The van der Waals surface area contributed by atoms with Gasteiger partial charge in [-0.2, -0.15) is 0 Å². The second kappa shape index (κ2) is 10.8. The zero-order valence-corrected chi connectivity index (χ0v) is 19.9. The van der Waals surface area contributed by atoms with Gasteiger partial charge in [-0.3, -0.25) is 4.79 Å². The molecule has 2 unspecified atom stereocenters. The van der Waals surface area contributed by atoms with Crippen LogP contribution in [0.4, 0.5) is 4.39 Å². The Morgan fingerprint density at radius 3 is 2.26 bits per heavy atom. The predicted octanol–water partition coefficient (Wildman–Crippen LogP) is 5.15. The van der Waals surface area contributed by atoms with Crippen LogP contribution in [-0.2, 0) is 4.79 Å². The number of carboxylic acids is 1. The highest BCUT2D eigenvalue weighted by atomic mass is 19.1. The highest BCUT2D eigenvalue weighted by Gasteiger charge is 2.22. The minimum absolute atomic E-state index is 0.0400. The van der Waals surface area contributed by atoms with Crippen molar-refractivity contribution >= 4 is 12.2 Å². The van der Waals surface area contributed by atoms with E-state index in [0.29, 0.717) is 16.8 Å². The summed E-state index contributed by atoms with van der Waals surface area (Å²) in [7, 11) is 0. The van der Waals surface area contributed by atoms with E-state index in [-0.39, 0.29) is 18.2 Å². The smallest absolute Gasteiger partial charge is 0.305 e. The summed E-state index contributed by atoms with van der Waals surface area (Å²) in [6.45, 7) is 7.49. The fraction of sp³-hybridized carbons (Fsp3) is 0.333. The average molecular weight is 467 g/mol. The highest BCUT2D eigenvalue weighted by Crippen LogP contribution is 2.36. The lowest BCUT2D eigenvalue weighted by Crippen LogP contribution is -2.19. The zero-order chi connectivity index (χ0) is 25.0. The molecule has 34 heavy (non-hydrogen) atoms. The molecule has 2 atom stereocenters. The molecule has 1 heterocycles. The molecule has 3 rings (SSSR count). The Balaban J connectivity index is 2.14. The molecule has 0 bridgehead atoms. The molecule has 3 N–H and O–H groups in total. The Hall–Kier alpha value is -3.29. The third-order valence-electron chi connectivity index (χ3n) is 5.59. The predicted molar refractivity (Wildman–Crippen MR) is 131 cm³/mol. The Morgan fingerprint density at radius 2 is 1.71 bits per heavy atom. The molecule has 6 nitrogen and oxygen atoms in total. The number of aliphatic carboxylic acids is 1. The number of benzene rings is 2. The normalized spacial score (nSPS) is 13.5. The number of hydrogen-bond donors (Lipinski definition) is 3. The number of carbonyl (C=O) groups is 1. The van der Waals surface area contributed by atoms with Crippen LogP contribution in [0.5, 0.6) is 0 Å². The highest BCUT2D eigenvalue weighted by molar-refractivity contribution is 5.81. The van der Waals surface area contributed by atoms with E-state index in [1.165, 1.54) is 6.08 Å². The number of halogens is 1. The maximum atomic E-state index is 14.3. The summed E-state index contributed by atoms with van der Waals surface area (Å²) in [5, 5.41) is 29.1. The van der Waals surface area contributed by atoms with Crippen LogP contribution in [0, 0.1) is 19.7 Å². The van der Waals surface area contributed by atoms with E-state index in [1.807, 2.05) is 48.7 Å². The topological polar surface area (TPSA) is 95.6 Å². The molecule has 0 amide bonds. The Kier molecular flexibility index (Phi) is 8.02. The van der Waals surface area contributed by atoms with Gasteiger partial charge in [-0.15, -0.1) is 0 Å². The van der Waals surface area contributed by atoms with Crippen molar-refractivity contribution in [2.45, 2.75) is 58.7 Å².